The number of ketones is 1. The lowest BCUT2D eigenvalue weighted by atomic mass is 9.64. The van der Waals surface area contributed by atoms with Crippen molar-refractivity contribution in [2.75, 3.05) is 26.4 Å². The average molecular weight is 619 g/mol. The Bertz CT molecular complexity index is 1470. The van der Waals surface area contributed by atoms with E-state index in [0.717, 1.165) is 4.90 Å². The Morgan fingerprint density at radius 2 is 1.78 bits per heavy atom. The summed E-state index contributed by atoms with van der Waals surface area (Å²) in [7, 11) is -1.44. The van der Waals surface area contributed by atoms with E-state index in [2.05, 4.69) is 11.9 Å². The number of carbonyl (C=O) groups is 5. The van der Waals surface area contributed by atoms with Gasteiger partial charge in [-0.2, -0.15) is 0 Å². The third-order valence-electron chi connectivity index (χ3n) is 7.82. The zero-order valence-corrected chi connectivity index (χ0v) is 25.9. The van der Waals surface area contributed by atoms with Gasteiger partial charge in [0.15, 0.2) is 5.78 Å². The van der Waals surface area contributed by atoms with E-state index in [0.29, 0.717) is 23.4 Å². The summed E-state index contributed by atoms with van der Waals surface area (Å²) in [5.41, 5.74) is 0.819. The number of rotatable bonds is 10. The minimum Gasteiger partial charge on any atom is -0.535 e. The summed E-state index contributed by atoms with van der Waals surface area (Å²) in [4.78, 5) is 66.8. The zero-order valence-electron chi connectivity index (χ0n) is 25.9. The quantitative estimate of drug-likeness (QED) is 0.134. The number of likely N-dealkylation sites (N-methyl/N-ethyl adjacent to an activating group) is 1. The Morgan fingerprint density at radius 1 is 1.07 bits per heavy atom. The molecule has 2 aromatic rings. The van der Waals surface area contributed by atoms with Crippen LogP contribution in [0.4, 0.5) is 4.79 Å². The molecule has 0 aliphatic carbocycles. The van der Waals surface area contributed by atoms with Crippen molar-refractivity contribution in [1.82, 2.24) is 15.1 Å². The number of urea groups is 1. The van der Waals surface area contributed by atoms with Crippen LogP contribution in [-0.2, 0) is 30.3 Å². The van der Waals surface area contributed by atoms with Gasteiger partial charge in [0.1, 0.15) is 17.4 Å². The molecule has 0 radical (unpaired) electrons. The number of Topliss-reactive ketones (excluding diaryl/α,β-unsaturated/α-hetero) is 1. The van der Waals surface area contributed by atoms with Crippen molar-refractivity contribution in [1.29, 1.82) is 0 Å². The van der Waals surface area contributed by atoms with E-state index in [-0.39, 0.29) is 49.5 Å². The maximum atomic E-state index is 13.7. The monoisotopic (exact) mass is 619 g/mol. The molecule has 0 aromatic heterocycles. The lowest BCUT2D eigenvalue weighted by Gasteiger charge is -2.33. The molecular formula is C32H38BN3O9. The van der Waals surface area contributed by atoms with Crippen molar-refractivity contribution in [3.05, 3.63) is 77.6 Å². The lowest BCUT2D eigenvalue weighted by molar-refractivity contribution is -0.153. The largest absolute Gasteiger partial charge is 0.535 e. The van der Waals surface area contributed by atoms with Gasteiger partial charge in [-0.25, -0.2) is 9.59 Å². The number of nitrogens with one attached hydrogen (secondary N) is 1. The zero-order chi connectivity index (χ0) is 32.9. The molecule has 4 rings (SSSR count). The molecule has 0 bridgehead atoms. The Morgan fingerprint density at radius 3 is 2.44 bits per heavy atom. The number of fused-ring (bicyclic) bond motifs is 1. The van der Waals surface area contributed by atoms with Crippen molar-refractivity contribution in [2.45, 2.75) is 52.4 Å². The van der Waals surface area contributed by atoms with Gasteiger partial charge in [-0.1, -0.05) is 69.8 Å². The van der Waals surface area contributed by atoms with Crippen LogP contribution in [-0.4, -0.2) is 78.0 Å². The molecule has 1 saturated heterocycles. The smallest absolute Gasteiger partial charge is 0.526 e. The second kappa shape index (κ2) is 14.0. The summed E-state index contributed by atoms with van der Waals surface area (Å²) in [6.07, 6.45) is -0.00349. The van der Waals surface area contributed by atoms with Crippen molar-refractivity contribution >= 4 is 36.7 Å². The van der Waals surface area contributed by atoms with E-state index in [1.165, 1.54) is 11.0 Å². The number of imide groups is 1. The second-order valence-electron chi connectivity index (χ2n) is 11.9. The van der Waals surface area contributed by atoms with Crippen molar-refractivity contribution in [3.8, 4) is 5.75 Å². The summed E-state index contributed by atoms with van der Waals surface area (Å²) < 4.78 is 16.4. The Balaban J connectivity index is 1.46. The molecular weight excluding hydrogens is 581 g/mol. The molecule has 0 saturated carbocycles. The summed E-state index contributed by atoms with van der Waals surface area (Å²) in [6.45, 7) is 11.5. The van der Waals surface area contributed by atoms with Crippen molar-refractivity contribution in [3.63, 3.8) is 0 Å². The molecule has 45 heavy (non-hydrogen) atoms. The Kier molecular flexibility index (Phi) is 10.3. The lowest BCUT2D eigenvalue weighted by Crippen LogP contribution is -2.58. The summed E-state index contributed by atoms with van der Waals surface area (Å²) in [5.74, 6) is -3.02. The van der Waals surface area contributed by atoms with Crippen LogP contribution >= 0.6 is 0 Å². The fraction of sp³-hybridized carbons (Fsp3) is 0.406. The maximum absolute atomic E-state index is 13.7. The van der Waals surface area contributed by atoms with E-state index >= 15 is 0 Å². The molecule has 4 amide bonds. The molecule has 0 spiro atoms. The highest BCUT2D eigenvalue weighted by atomic mass is 16.7. The van der Waals surface area contributed by atoms with Gasteiger partial charge in [-0.15, -0.1) is 0 Å². The standard InChI is InChI=1S/C32H38BN3O9/c1-6-35-15-16-36(29(39)28(35)38)31(41)34-26(21-11-8-7-9-12-21)25(37)18-23-17-22-13-10-14-24(27(22)45-33(23)42)30(40)44-19-43-20(2)32(3,4)5/h7-14,23,26,42H,2,6,15-19H2,1,3-5H3,(H,34,41)/t23-,26?/m1/s1. The van der Waals surface area contributed by atoms with Gasteiger partial charge in [0.05, 0.1) is 5.76 Å². The molecule has 2 N–H and O–H groups in total. The van der Waals surface area contributed by atoms with E-state index in [4.69, 9.17) is 14.1 Å². The third-order valence-corrected chi connectivity index (χ3v) is 7.82. The molecule has 1 unspecified atom stereocenters. The predicted octanol–water partition coefficient (Wildman–Crippen LogP) is 3.26. The first-order valence-electron chi connectivity index (χ1n) is 14.8. The van der Waals surface area contributed by atoms with Crippen molar-refractivity contribution < 1.29 is 43.1 Å². The SMILES string of the molecule is C=C(OCOC(=O)c1cccc2c1OB(O)[C@@H](CC(=O)C(NC(=O)N1CCN(CC)C(=O)C1=O)c1ccccc1)C2)C(C)(C)C. The number of nitrogens with zero attached hydrogens (tertiary/aromatic N) is 2. The molecule has 12 nitrogen and oxygen atoms in total. The summed E-state index contributed by atoms with van der Waals surface area (Å²) in [6, 6.07) is 11.3. The van der Waals surface area contributed by atoms with Crippen LogP contribution in [0.25, 0.3) is 0 Å². The van der Waals surface area contributed by atoms with Crippen LogP contribution in [0.3, 0.4) is 0 Å². The van der Waals surface area contributed by atoms with Crippen LogP contribution in [0.5, 0.6) is 5.75 Å². The van der Waals surface area contributed by atoms with Gasteiger partial charge in [0.2, 0.25) is 6.79 Å². The number of carbonyl (C=O) groups excluding carboxylic acids is 5. The molecule has 2 heterocycles. The molecule has 2 aliphatic rings. The molecule has 2 aliphatic heterocycles. The topological polar surface area (TPSA) is 152 Å². The molecule has 13 heteroatoms. The number of esters is 1. The highest BCUT2D eigenvalue weighted by molar-refractivity contribution is 6.47. The van der Waals surface area contributed by atoms with Crippen LogP contribution < -0.4 is 9.97 Å². The van der Waals surface area contributed by atoms with Crippen LogP contribution in [0.2, 0.25) is 5.82 Å². The van der Waals surface area contributed by atoms with E-state index in [1.807, 2.05) is 20.8 Å². The Hall–Kier alpha value is -4.65. The highest BCUT2D eigenvalue weighted by Crippen LogP contribution is 2.37. The van der Waals surface area contributed by atoms with E-state index < -0.39 is 48.6 Å². The first-order chi connectivity index (χ1) is 21.3. The minimum absolute atomic E-state index is 0.00581. The van der Waals surface area contributed by atoms with Crippen LogP contribution in [0, 0.1) is 5.41 Å². The average Bonchev–Trinajstić information content (AvgIpc) is 3.00. The number of hydrogen-bond acceptors (Lipinski definition) is 9. The number of piperazine rings is 1. The van der Waals surface area contributed by atoms with Gasteiger partial charge < -0.3 is 29.4 Å². The maximum Gasteiger partial charge on any atom is 0.526 e. The van der Waals surface area contributed by atoms with Gasteiger partial charge >= 0.3 is 30.9 Å². The van der Waals surface area contributed by atoms with Crippen LogP contribution in [0.1, 0.15) is 61.6 Å². The summed E-state index contributed by atoms with van der Waals surface area (Å²) in [5, 5.41) is 13.5. The summed E-state index contributed by atoms with van der Waals surface area (Å²) >= 11 is 0. The van der Waals surface area contributed by atoms with E-state index in [9.17, 15) is 29.0 Å². The van der Waals surface area contributed by atoms with E-state index in [1.54, 1.807) is 49.4 Å². The Labute approximate surface area is 262 Å². The fourth-order valence-corrected chi connectivity index (χ4v) is 5.01. The first-order valence-corrected chi connectivity index (χ1v) is 14.8. The van der Waals surface area contributed by atoms with Crippen LogP contribution in [0.15, 0.2) is 60.9 Å². The van der Waals surface area contributed by atoms with Gasteiger partial charge in [-0.3, -0.25) is 19.3 Å². The van der Waals surface area contributed by atoms with Gasteiger partial charge in [0.25, 0.3) is 0 Å². The fourth-order valence-electron chi connectivity index (χ4n) is 5.01. The number of para-hydroxylation sites is 1. The third kappa shape index (κ3) is 7.72. The number of benzene rings is 2. The number of amides is 4. The predicted molar refractivity (Wildman–Crippen MR) is 164 cm³/mol. The normalized spacial score (nSPS) is 17.2. The van der Waals surface area contributed by atoms with Crippen molar-refractivity contribution in [2.24, 2.45) is 5.41 Å². The van der Waals surface area contributed by atoms with Gasteiger partial charge in [-0.05, 0) is 30.5 Å². The number of ether oxygens (including phenoxy) is 2. The highest BCUT2D eigenvalue weighted by Gasteiger charge is 2.41. The number of hydrogen-bond donors (Lipinski definition) is 2. The minimum atomic E-state index is -1.44. The second-order valence-corrected chi connectivity index (χ2v) is 11.9. The molecule has 238 valence electrons. The van der Waals surface area contributed by atoms with Gasteiger partial charge in [0, 0.05) is 37.3 Å². The molecule has 2 aromatic carbocycles. The number of allylic oxidation sites excluding steroid dienone is 1. The molecule has 2 atom stereocenters. The first kappa shape index (κ1) is 33.3. The molecule has 1 fully saturated rings.